The molecule has 0 bridgehead atoms. The van der Waals surface area contributed by atoms with Crippen LogP contribution in [0, 0.1) is 6.92 Å². The van der Waals surface area contributed by atoms with E-state index in [0.29, 0.717) is 0 Å². The summed E-state index contributed by atoms with van der Waals surface area (Å²) in [7, 11) is 0. The Morgan fingerprint density at radius 3 is 2.00 bits per heavy atom. The lowest BCUT2D eigenvalue weighted by Crippen LogP contribution is -2.30. The number of aryl methyl sites for hydroxylation is 1. The highest BCUT2D eigenvalue weighted by Crippen LogP contribution is 2.07. The third-order valence-corrected chi connectivity index (χ3v) is 2.11. The molecule has 2 rings (SSSR count). The van der Waals surface area contributed by atoms with E-state index < -0.39 is 0 Å². The summed E-state index contributed by atoms with van der Waals surface area (Å²) in [5, 5.41) is 3.96. The third kappa shape index (κ3) is 5.22. The van der Waals surface area contributed by atoms with E-state index in [-0.39, 0.29) is 0 Å². The van der Waals surface area contributed by atoms with Crippen molar-refractivity contribution in [1.82, 2.24) is 5.32 Å². The molecule has 3 heteroatoms. The molecular formula is C11H16ClNO. The largest absolute Gasteiger partial charge is 0.379 e. The monoisotopic (exact) mass is 213 g/mol. The molecule has 1 saturated heterocycles. The lowest BCUT2D eigenvalue weighted by atomic mass is 10.2. The van der Waals surface area contributed by atoms with Crippen LogP contribution < -0.4 is 5.32 Å². The Morgan fingerprint density at radius 1 is 1.14 bits per heavy atom. The molecule has 78 valence electrons. The standard InChI is InChI=1S/C7H7Cl.C4H9NO/c1-6-2-4-7(8)5-3-6;1-3-6-4-2-5-1/h2-5H,1H3;5H,1-4H2. The number of morpholine rings is 1. The Morgan fingerprint density at radius 2 is 1.71 bits per heavy atom. The molecule has 1 fully saturated rings. The molecule has 1 N–H and O–H groups in total. The Bertz CT molecular complexity index is 211. The van der Waals surface area contributed by atoms with Crippen molar-refractivity contribution in [3.8, 4) is 0 Å². The first-order valence-corrected chi connectivity index (χ1v) is 5.17. The summed E-state index contributed by atoms with van der Waals surface area (Å²) in [6.45, 7) is 5.87. The van der Waals surface area contributed by atoms with E-state index >= 15 is 0 Å². The van der Waals surface area contributed by atoms with Crippen LogP contribution in [0.4, 0.5) is 0 Å². The first-order chi connectivity index (χ1) is 6.79. The van der Waals surface area contributed by atoms with Crippen molar-refractivity contribution in [1.29, 1.82) is 0 Å². The summed E-state index contributed by atoms with van der Waals surface area (Å²) in [5.74, 6) is 0. The van der Waals surface area contributed by atoms with Crippen molar-refractivity contribution >= 4 is 11.6 Å². The van der Waals surface area contributed by atoms with Crippen molar-refractivity contribution in [2.45, 2.75) is 6.92 Å². The third-order valence-electron chi connectivity index (χ3n) is 1.86. The fourth-order valence-corrected chi connectivity index (χ4v) is 1.17. The molecule has 1 aliphatic heterocycles. The van der Waals surface area contributed by atoms with Gasteiger partial charge in [-0.3, -0.25) is 0 Å². The smallest absolute Gasteiger partial charge is 0.0591 e. The minimum Gasteiger partial charge on any atom is -0.379 e. The van der Waals surface area contributed by atoms with Gasteiger partial charge in [0, 0.05) is 18.1 Å². The fraction of sp³-hybridized carbons (Fsp3) is 0.455. The van der Waals surface area contributed by atoms with Gasteiger partial charge in [0.2, 0.25) is 0 Å². The summed E-state index contributed by atoms with van der Waals surface area (Å²) >= 11 is 5.61. The van der Waals surface area contributed by atoms with Crippen LogP contribution in [-0.2, 0) is 4.74 Å². The SMILES string of the molecule is C1COCCN1.Cc1ccc(Cl)cc1. The van der Waals surface area contributed by atoms with Crippen LogP contribution in [0.15, 0.2) is 24.3 Å². The normalized spacial score (nSPS) is 15.6. The zero-order valence-corrected chi connectivity index (χ0v) is 9.18. The second kappa shape index (κ2) is 6.82. The molecule has 1 aliphatic rings. The highest BCUT2D eigenvalue weighted by Gasteiger charge is 1.92. The second-order valence-corrected chi connectivity index (χ2v) is 3.59. The number of rotatable bonds is 0. The Labute approximate surface area is 90.2 Å². The Balaban J connectivity index is 0.000000146. The number of hydrogen-bond donors (Lipinski definition) is 1. The summed E-state index contributed by atoms with van der Waals surface area (Å²) in [5.41, 5.74) is 1.24. The van der Waals surface area contributed by atoms with Gasteiger partial charge in [0.25, 0.3) is 0 Å². The van der Waals surface area contributed by atoms with Crippen LogP contribution in [0.1, 0.15) is 5.56 Å². The van der Waals surface area contributed by atoms with Gasteiger partial charge in [0.05, 0.1) is 13.2 Å². The van der Waals surface area contributed by atoms with Gasteiger partial charge in [-0.25, -0.2) is 0 Å². The number of halogens is 1. The van der Waals surface area contributed by atoms with Crippen LogP contribution >= 0.6 is 11.6 Å². The summed E-state index contributed by atoms with van der Waals surface area (Å²) < 4.78 is 5.01. The van der Waals surface area contributed by atoms with Crippen molar-refractivity contribution in [2.75, 3.05) is 26.3 Å². The number of benzene rings is 1. The van der Waals surface area contributed by atoms with Gasteiger partial charge in [-0.2, -0.15) is 0 Å². The summed E-state index contributed by atoms with van der Waals surface area (Å²) in [4.78, 5) is 0. The van der Waals surface area contributed by atoms with Gasteiger partial charge in [0.15, 0.2) is 0 Å². The van der Waals surface area contributed by atoms with E-state index in [9.17, 15) is 0 Å². The highest BCUT2D eigenvalue weighted by atomic mass is 35.5. The molecule has 0 amide bonds. The van der Waals surface area contributed by atoms with Gasteiger partial charge in [-0.15, -0.1) is 0 Å². The summed E-state index contributed by atoms with van der Waals surface area (Å²) in [6, 6.07) is 7.75. The lowest BCUT2D eigenvalue weighted by Gasteiger charge is -2.10. The first-order valence-electron chi connectivity index (χ1n) is 4.79. The van der Waals surface area contributed by atoms with Gasteiger partial charge >= 0.3 is 0 Å². The zero-order chi connectivity index (χ0) is 10.2. The molecule has 0 aliphatic carbocycles. The van der Waals surface area contributed by atoms with E-state index in [1.807, 2.05) is 31.2 Å². The van der Waals surface area contributed by atoms with Crippen LogP contribution in [0.5, 0.6) is 0 Å². The maximum absolute atomic E-state index is 5.61. The molecule has 14 heavy (non-hydrogen) atoms. The quantitative estimate of drug-likeness (QED) is 0.714. The van der Waals surface area contributed by atoms with Gasteiger partial charge in [-0.05, 0) is 19.1 Å². The maximum atomic E-state index is 5.61. The second-order valence-electron chi connectivity index (χ2n) is 3.16. The van der Waals surface area contributed by atoms with Crippen LogP contribution in [0.3, 0.4) is 0 Å². The van der Waals surface area contributed by atoms with E-state index in [4.69, 9.17) is 16.3 Å². The average Bonchev–Trinajstić information content (AvgIpc) is 2.26. The van der Waals surface area contributed by atoms with Crippen molar-refractivity contribution < 1.29 is 4.74 Å². The van der Waals surface area contributed by atoms with Gasteiger partial charge in [-0.1, -0.05) is 29.3 Å². The number of hydrogen-bond acceptors (Lipinski definition) is 2. The van der Waals surface area contributed by atoms with Gasteiger partial charge < -0.3 is 10.1 Å². The summed E-state index contributed by atoms with van der Waals surface area (Å²) in [6.07, 6.45) is 0. The van der Waals surface area contributed by atoms with Crippen molar-refractivity contribution in [3.05, 3.63) is 34.9 Å². The molecule has 0 unspecified atom stereocenters. The predicted octanol–water partition coefficient (Wildman–Crippen LogP) is 2.25. The molecule has 0 spiro atoms. The topological polar surface area (TPSA) is 21.3 Å². The van der Waals surface area contributed by atoms with Crippen LogP contribution in [0.2, 0.25) is 5.02 Å². The average molecular weight is 214 g/mol. The fourth-order valence-electron chi connectivity index (χ4n) is 1.05. The molecule has 0 aromatic heterocycles. The Hall–Kier alpha value is -0.570. The van der Waals surface area contributed by atoms with Crippen molar-refractivity contribution in [3.63, 3.8) is 0 Å². The van der Waals surface area contributed by atoms with E-state index in [1.54, 1.807) is 0 Å². The molecule has 1 aromatic rings. The Kier molecular flexibility index (Phi) is 5.60. The molecule has 0 saturated carbocycles. The van der Waals surface area contributed by atoms with Crippen LogP contribution in [-0.4, -0.2) is 26.3 Å². The number of nitrogens with one attached hydrogen (secondary N) is 1. The van der Waals surface area contributed by atoms with E-state index in [2.05, 4.69) is 5.32 Å². The molecule has 1 heterocycles. The van der Waals surface area contributed by atoms with E-state index in [0.717, 1.165) is 31.3 Å². The van der Waals surface area contributed by atoms with Crippen LogP contribution in [0.25, 0.3) is 0 Å². The minimum absolute atomic E-state index is 0.801. The van der Waals surface area contributed by atoms with E-state index in [1.165, 1.54) is 5.56 Å². The molecular weight excluding hydrogens is 198 g/mol. The zero-order valence-electron chi connectivity index (χ0n) is 8.42. The minimum atomic E-state index is 0.801. The number of ether oxygens (including phenoxy) is 1. The van der Waals surface area contributed by atoms with Gasteiger partial charge in [0.1, 0.15) is 0 Å². The molecule has 2 nitrogen and oxygen atoms in total. The predicted molar refractivity (Wildman–Crippen MR) is 59.9 cm³/mol. The highest BCUT2D eigenvalue weighted by molar-refractivity contribution is 6.30. The lowest BCUT2D eigenvalue weighted by molar-refractivity contribution is 0.109. The van der Waals surface area contributed by atoms with Crippen molar-refractivity contribution in [2.24, 2.45) is 0 Å². The maximum Gasteiger partial charge on any atom is 0.0591 e. The molecule has 0 atom stereocenters. The molecule has 0 radical (unpaired) electrons. The first kappa shape index (κ1) is 11.5. The molecule has 1 aromatic carbocycles.